The molecule has 0 bridgehead atoms. The van der Waals surface area contributed by atoms with Crippen LogP contribution in [-0.4, -0.2) is 24.1 Å². The van der Waals surface area contributed by atoms with Crippen molar-refractivity contribution in [1.29, 1.82) is 0 Å². The molecule has 6 heteroatoms. The number of hydrogen-bond acceptors (Lipinski definition) is 4. The SMILES string of the molecule is c1ccc(-c2nc(-c3cccc4oc5ccccc5c34)nc(-n3c4ccccc4c4c(-c5ccc6c(c5)c5ccccc5n6-c5ccccc5)c(-c5ccccc5)ccc43)n2)cc1. The Morgan fingerprint density at radius 3 is 1.73 bits per heavy atom. The number of fused-ring (bicyclic) bond motifs is 9. The first-order valence-electron chi connectivity index (χ1n) is 21.2. The number of furan rings is 1. The van der Waals surface area contributed by atoms with Crippen LogP contribution in [0.4, 0.5) is 0 Å². The third-order valence-corrected chi connectivity index (χ3v) is 12.4. The molecule has 0 fully saturated rings. The number of nitrogens with zero attached hydrogens (tertiary/aromatic N) is 5. The lowest BCUT2D eigenvalue weighted by Crippen LogP contribution is -2.06. The molecule has 0 N–H and O–H groups in total. The molecule has 0 spiro atoms. The lowest BCUT2D eigenvalue weighted by molar-refractivity contribution is 0.669. The number of aromatic nitrogens is 5. The highest BCUT2D eigenvalue weighted by Crippen LogP contribution is 2.46. The third-order valence-electron chi connectivity index (χ3n) is 12.4. The quantitative estimate of drug-likeness (QED) is 0.168. The van der Waals surface area contributed by atoms with Gasteiger partial charge in [0.15, 0.2) is 11.6 Å². The van der Waals surface area contributed by atoms with E-state index in [-0.39, 0.29) is 0 Å². The van der Waals surface area contributed by atoms with Gasteiger partial charge in [0.25, 0.3) is 0 Å². The predicted octanol–water partition coefficient (Wildman–Crippen LogP) is 14.6. The highest BCUT2D eigenvalue weighted by atomic mass is 16.3. The van der Waals surface area contributed by atoms with Crippen LogP contribution in [0.2, 0.25) is 0 Å². The summed E-state index contributed by atoms with van der Waals surface area (Å²) in [7, 11) is 0. The van der Waals surface area contributed by atoms with Crippen molar-refractivity contribution in [3.8, 4) is 56.7 Å². The number of hydrogen-bond donors (Lipinski definition) is 0. The van der Waals surface area contributed by atoms with Gasteiger partial charge in [0.05, 0.1) is 22.1 Å². The Kier molecular flexibility index (Phi) is 7.80. The molecule has 13 aromatic rings. The van der Waals surface area contributed by atoms with E-state index in [1.165, 1.54) is 16.3 Å². The van der Waals surface area contributed by atoms with Gasteiger partial charge in [0.2, 0.25) is 5.95 Å². The topological polar surface area (TPSA) is 61.7 Å². The van der Waals surface area contributed by atoms with E-state index >= 15 is 0 Å². The van der Waals surface area contributed by atoms with Gasteiger partial charge in [-0.3, -0.25) is 4.57 Å². The molecule has 13 rings (SSSR count). The van der Waals surface area contributed by atoms with Crippen LogP contribution in [0.5, 0.6) is 0 Å². The first kappa shape index (κ1) is 35.2. The van der Waals surface area contributed by atoms with Crippen molar-refractivity contribution >= 4 is 65.6 Å². The largest absolute Gasteiger partial charge is 0.456 e. The maximum Gasteiger partial charge on any atom is 0.238 e. The van der Waals surface area contributed by atoms with E-state index in [0.29, 0.717) is 17.6 Å². The number of benzene rings is 9. The Hall–Kier alpha value is -8.61. The van der Waals surface area contributed by atoms with Crippen LogP contribution >= 0.6 is 0 Å². The van der Waals surface area contributed by atoms with Crippen molar-refractivity contribution in [2.75, 3.05) is 0 Å². The van der Waals surface area contributed by atoms with Gasteiger partial charge in [-0.25, -0.2) is 4.98 Å². The second-order valence-corrected chi connectivity index (χ2v) is 15.9. The Morgan fingerprint density at radius 2 is 0.937 bits per heavy atom. The molecule has 294 valence electrons. The second-order valence-electron chi connectivity index (χ2n) is 15.9. The van der Waals surface area contributed by atoms with Crippen molar-refractivity contribution in [2.24, 2.45) is 0 Å². The van der Waals surface area contributed by atoms with Crippen LogP contribution in [0.1, 0.15) is 0 Å². The molecule has 63 heavy (non-hydrogen) atoms. The molecule has 0 aliphatic carbocycles. The van der Waals surface area contributed by atoms with Gasteiger partial charge >= 0.3 is 0 Å². The fourth-order valence-corrected chi connectivity index (χ4v) is 9.68. The predicted molar refractivity (Wildman–Crippen MR) is 258 cm³/mol. The highest BCUT2D eigenvalue weighted by Gasteiger charge is 2.24. The van der Waals surface area contributed by atoms with Gasteiger partial charge in [-0.2, -0.15) is 9.97 Å². The lowest BCUT2D eigenvalue weighted by Gasteiger charge is -2.15. The minimum atomic E-state index is 0.537. The molecule has 4 heterocycles. The van der Waals surface area contributed by atoms with E-state index in [0.717, 1.165) is 88.3 Å². The summed E-state index contributed by atoms with van der Waals surface area (Å²) in [4.78, 5) is 15.9. The van der Waals surface area contributed by atoms with Gasteiger partial charge in [0, 0.05) is 49.1 Å². The average Bonchev–Trinajstić information content (AvgIpc) is 4.02. The first-order valence-corrected chi connectivity index (χ1v) is 21.2. The molecule has 0 aliphatic heterocycles. The molecule has 0 aliphatic rings. The fraction of sp³-hybridized carbons (Fsp3) is 0. The van der Waals surface area contributed by atoms with E-state index in [1.807, 2.05) is 48.5 Å². The van der Waals surface area contributed by atoms with E-state index in [9.17, 15) is 0 Å². The Morgan fingerprint density at radius 1 is 0.333 bits per heavy atom. The van der Waals surface area contributed by atoms with E-state index in [1.54, 1.807) is 0 Å². The van der Waals surface area contributed by atoms with E-state index in [2.05, 4.69) is 173 Å². The summed E-state index contributed by atoms with van der Waals surface area (Å²) in [5.74, 6) is 1.70. The van der Waals surface area contributed by atoms with Gasteiger partial charge < -0.3 is 8.98 Å². The maximum absolute atomic E-state index is 6.35. The minimum Gasteiger partial charge on any atom is -0.456 e. The molecule has 4 aromatic heterocycles. The summed E-state index contributed by atoms with van der Waals surface area (Å²) in [5, 5.41) is 6.64. The van der Waals surface area contributed by atoms with Crippen LogP contribution in [0.25, 0.3) is 122 Å². The summed E-state index contributed by atoms with van der Waals surface area (Å²) >= 11 is 0. The molecule has 0 radical (unpaired) electrons. The van der Waals surface area contributed by atoms with Gasteiger partial charge in [-0.15, -0.1) is 0 Å². The van der Waals surface area contributed by atoms with Gasteiger partial charge in [-0.1, -0.05) is 158 Å². The van der Waals surface area contributed by atoms with E-state index < -0.39 is 0 Å². The van der Waals surface area contributed by atoms with Crippen LogP contribution < -0.4 is 0 Å². The van der Waals surface area contributed by atoms with E-state index in [4.69, 9.17) is 19.4 Å². The molecule has 0 saturated carbocycles. The van der Waals surface area contributed by atoms with Crippen LogP contribution in [0, 0.1) is 0 Å². The fourth-order valence-electron chi connectivity index (χ4n) is 9.68. The summed E-state index contributed by atoms with van der Waals surface area (Å²) in [5.41, 5.74) is 13.5. The lowest BCUT2D eigenvalue weighted by atomic mass is 9.90. The molecular formula is C57H35N5O. The summed E-state index contributed by atoms with van der Waals surface area (Å²) in [6.07, 6.45) is 0. The molecule has 0 amide bonds. The minimum absolute atomic E-state index is 0.537. The monoisotopic (exact) mass is 805 g/mol. The molecule has 0 atom stereocenters. The highest BCUT2D eigenvalue weighted by molar-refractivity contribution is 6.20. The second kappa shape index (κ2) is 14.0. The van der Waals surface area contributed by atoms with Crippen LogP contribution in [0.3, 0.4) is 0 Å². The average molecular weight is 806 g/mol. The molecule has 6 nitrogen and oxygen atoms in total. The van der Waals surface area contributed by atoms with Gasteiger partial charge in [-0.05, 0) is 76.9 Å². The van der Waals surface area contributed by atoms with Crippen molar-refractivity contribution in [3.63, 3.8) is 0 Å². The first-order chi connectivity index (χ1) is 31.3. The number of rotatable bonds is 6. The van der Waals surface area contributed by atoms with Crippen LogP contribution in [0.15, 0.2) is 217 Å². The Balaban J connectivity index is 1.12. The molecule has 0 unspecified atom stereocenters. The maximum atomic E-state index is 6.35. The van der Waals surface area contributed by atoms with Crippen molar-refractivity contribution in [2.45, 2.75) is 0 Å². The van der Waals surface area contributed by atoms with Gasteiger partial charge in [0.1, 0.15) is 11.2 Å². The zero-order valence-electron chi connectivity index (χ0n) is 33.9. The Bertz CT molecular complexity index is 3900. The summed E-state index contributed by atoms with van der Waals surface area (Å²) in [6.45, 7) is 0. The zero-order valence-corrected chi connectivity index (χ0v) is 33.9. The third kappa shape index (κ3) is 5.48. The molecule has 0 saturated heterocycles. The number of para-hydroxylation sites is 4. The normalized spacial score (nSPS) is 11.8. The summed E-state index contributed by atoms with van der Waals surface area (Å²) < 4.78 is 10.9. The van der Waals surface area contributed by atoms with Crippen molar-refractivity contribution < 1.29 is 4.42 Å². The summed E-state index contributed by atoms with van der Waals surface area (Å²) in [6, 6.07) is 74.5. The standard InChI is InChI=1S/C57H35N5O/c1-4-17-36(18-5-1)40-32-34-49-54(52(40)38-31-33-48-45(35-38)41-23-10-13-27-46(41)61(48)39-21-8-3-9-22-39)42-24-11-14-28-47(42)62(49)57-59-55(37-19-6-2-7-20-37)58-56(60-57)44-26-16-30-51-53(44)43-25-12-15-29-50(43)63-51/h1-35H. The molecular weight excluding hydrogens is 771 g/mol. The van der Waals surface area contributed by atoms with Crippen molar-refractivity contribution in [3.05, 3.63) is 212 Å². The van der Waals surface area contributed by atoms with Crippen molar-refractivity contribution in [1.82, 2.24) is 24.1 Å². The van der Waals surface area contributed by atoms with Crippen LogP contribution in [-0.2, 0) is 0 Å². The zero-order chi connectivity index (χ0) is 41.4. The molecule has 9 aromatic carbocycles. The smallest absolute Gasteiger partial charge is 0.238 e. The Labute approximate surface area is 361 Å².